The van der Waals surface area contributed by atoms with Gasteiger partial charge in [0.25, 0.3) is 0 Å². The van der Waals surface area contributed by atoms with Crippen LogP contribution >= 0.6 is 0 Å². The number of fused-ring (bicyclic) bond motifs is 2. The Balaban J connectivity index is 2.21. The zero-order chi connectivity index (χ0) is 12.9. The van der Waals surface area contributed by atoms with E-state index < -0.39 is 0 Å². The average molecular weight is 245 g/mol. The Labute approximate surface area is 104 Å². The molecule has 0 saturated heterocycles. The number of rotatable bonds is 2. The lowest BCUT2D eigenvalue weighted by atomic mass is 10.2. The van der Waals surface area contributed by atoms with Crippen molar-refractivity contribution < 1.29 is 8.83 Å². The van der Waals surface area contributed by atoms with Crippen molar-refractivity contribution in [2.75, 3.05) is 0 Å². The van der Waals surface area contributed by atoms with Crippen LogP contribution in [0, 0.1) is 0 Å². The van der Waals surface area contributed by atoms with Gasteiger partial charge in [0.15, 0.2) is 22.9 Å². The highest BCUT2D eigenvalue weighted by Crippen LogP contribution is 2.25. The topological polar surface area (TPSA) is 65.0 Å². The Hall–Kier alpha value is -1.91. The van der Waals surface area contributed by atoms with Gasteiger partial charge in [0.05, 0.1) is 0 Å². The standard InChI is InChI=1S/C13H15N3O2/c1-6(2)12-15-10-8(17-12)5-9-11(14-10)16-13(18-9)7(3)4/h5-7H,1-4H3. The number of nitrogens with zero attached hydrogens (tertiary/aromatic N) is 3. The van der Waals surface area contributed by atoms with Crippen LogP contribution in [-0.2, 0) is 0 Å². The SMILES string of the molecule is CC(C)c1nc2nc3nc(C(C)C)oc3cc2o1. The van der Waals surface area contributed by atoms with Crippen molar-refractivity contribution in [2.24, 2.45) is 0 Å². The first-order chi connectivity index (χ1) is 8.54. The molecule has 0 atom stereocenters. The molecular weight excluding hydrogens is 230 g/mol. The largest absolute Gasteiger partial charge is 0.439 e. The summed E-state index contributed by atoms with van der Waals surface area (Å²) in [5.41, 5.74) is 2.49. The fraction of sp³-hybridized carbons (Fsp3) is 0.462. The lowest BCUT2D eigenvalue weighted by molar-refractivity contribution is 0.494. The van der Waals surface area contributed by atoms with Crippen molar-refractivity contribution in [3.8, 4) is 0 Å². The van der Waals surface area contributed by atoms with Gasteiger partial charge in [-0.2, -0.15) is 9.97 Å². The van der Waals surface area contributed by atoms with Crippen molar-refractivity contribution in [1.82, 2.24) is 15.0 Å². The summed E-state index contributed by atoms with van der Waals surface area (Å²) < 4.78 is 11.3. The van der Waals surface area contributed by atoms with E-state index in [1.165, 1.54) is 0 Å². The summed E-state index contributed by atoms with van der Waals surface area (Å²) in [6.45, 7) is 8.13. The third-order valence-corrected chi connectivity index (χ3v) is 2.76. The molecule has 0 N–H and O–H groups in total. The zero-order valence-corrected chi connectivity index (χ0v) is 10.9. The minimum absolute atomic E-state index is 0.240. The number of hydrogen-bond donors (Lipinski definition) is 0. The molecule has 0 radical (unpaired) electrons. The van der Waals surface area contributed by atoms with E-state index in [1.54, 1.807) is 0 Å². The highest BCUT2D eigenvalue weighted by molar-refractivity contribution is 5.82. The summed E-state index contributed by atoms with van der Waals surface area (Å²) in [5, 5.41) is 0. The van der Waals surface area contributed by atoms with Crippen LogP contribution in [0.4, 0.5) is 0 Å². The molecule has 3 aromatic rings. The number of pyridine rings is 1. The molecule has 3 rings (SSSR count). The maximum atomic E-state index is 5.65. The molecular formula is C13H15N3O2. The van der Waals surface area contributed by atoms with Crippen molar-refractivity contribution in [3.05, 3.63) is 17.8 Å². The highest BCUT2D eigenvalue weighted by atomic mass is 16.4. The highest BCUT2D eigenvalue weighted by Gasteiger charge is 2.15. The van der Waals surface area contributed by atoms with Crippen molar-refractivity contribution in [2.45, 2.75) is 39.5 Å². The smallest absolute Gasteiger partial charge is 0.201 e. The van der Waals surface area contributed by atoms with Crippen LogP contribution in [0.2, 0.25) is 0 Å². The molecule has 0 amide bonds. The van der Waals surface area contributed by atoms with E-state index in [-0.39, 0.29) is 11.8 Å². The van der Waals surface area contributed by atoms with Crippen LogP contribution in [0.5, 0.6) is 0 Å². The molecule has 3 aromatic heterocycles. The predicted molar refractivity (Wildman–Crippen MR) is 67.5 cm³/mol. The molecule has 0 saturated carbocycles. The van der Waals surface area contributed by atoms with Crippen LogP contribution in [0.1, 0.15) is 51.3 Å². The fourth-order valence-corrected chi connectivity index (χ4v) is 1.74. The van der Waals surface area contributed by atoms with Gasteiger partial charge in [-0.05, 0) is 0 Å². The Kier molecular flexibility index (Phi) is 2.36. The Morgan fingerprint density at radius 2 is 1.22 bits per heavy atom. The van der Waals surface area contributed by atoms with Crippen molar-refractivity contribution in [1.29, 1.82) is 0 Å². The third kappa shape index (κ3) is 1.66. The van der Waals surface area contributed by atoms with Crippen LogP contribution in [0.15, 0.2) is 14.9 Å². The third-order valence-electron chi connectivity index (χ3n) is 2.76. The van der Waals surface area contributed by atoms with Gasteiger partial charge in [0, 0.05) is 17.9 Å². The van der Waals surface area contributed by atoms with E-state index >= 15 is 0 Å². The molecule has 0 aliphatic carbocycles. The molecule has 3 heterocycles. The zero-order valence-electron chi connectivity index (χ0n) is 10.9. The van der Waals surface area contributed by atoms with Gasteiger partial charge in [-0.25, -0.2) is 4.98 Å². The van der Waals surface area contributed by atoms with E-state index in [2.05, 4.69) is 15.0 Å². The Bertz CT molecular complexity index is 601. The normalized spacial score (nSPS) is 12.3. The molecule has 94 valence electrons. The van der Waals surface area contributed by atoms with Crippen LogP contribution in [0.25, 0.3) is 22.5 Å². The van der Waals surface area contributed by atoms with E-state index in [0.29, 0.717) is 34.2 Å². The number of aromatic nitrogens is 3. The predicted octanol–water partition coefficient (Wildman–Crippen LogP) is 3.61. The molecule has 0 bridgehead atoms. The maximum Gasteiger partial charge on any atom is 0.201 e. The van der Waals surface area contributed by atoms with Gasteiger partial charge in [0.1, 0.15) is 0 Å². The van der Waals surface area contributed by atoms with Crippen molar-refractivity contribution >= 4 is 22.5 Å². The minimum Gasteiger partial charge on any atom is -0.439 e. The molecule has 5 heteroatoms. The fourth-order valence-electron chi connectivity index (χ4n) is 1.74. The van der Waals surface area contributed by atoms with Crippen LogP contribution in [-0.4, -0.2) is 15.0 Å². The lowest BCUT2D eigenvalue weighted by Gasteiger charge is -1.94. The first kappa shape index (κ1) is 11.2. The van der Waals surface area contributed by atoms with Gasteiger partial charge < -0.3 is 8.83 Å². The number of hydrogen-bond acceptors (Lipinski definition) is 5. The summed E-state index contributed by atoms with van der Waals surface area (Å²) in [4.78, 5) is 13.1. The summed E-state index contributed by atoms with van der Waals surface area (Å²) in [5.74, 6) is 1.86. The van der Waals surface area contributed by atoms with Gasteiger partial charge in [0.2, 0.25) is 11.3 Å². The molecule has 18 heavy (non-hydrogen) atoms. The molecule has 0 aliphatic heterocycles. The second-order valence-corrected chi connectivity index (χ2v) is 5.05. The molecule has 5 nitrogen and oxygen atoms in total. The average Bonchev–Trinajstić information content (AvgIpc) is 2.87. The summed E-state index contributed by atoms with van der Waals surface area (Å²) in [6.07, 6.45) is 0. The first-order valence-corrected chi connectivity index (χ1v) is 6.12. The Morgan fingerprint density at radius 3 is 1.61 bits per heavy atom. The maximum absolute atomic E-state index is 5.65. The summed E-state index contributed by atoms with van der Waals surface area (Å²) in [7, 11) is 0. The van der Waals surface area contributed by atoms with Crippen LogP contribution in [0.3, 0.4) is 0 Å². The molecule has 0 aliphatic rings. The summed E-state index contributed by atoms with van der Waals surface area (Å²) in [6, 6.07) is 1.81. The van der Waals surface area contributed by atoms with Gasteiger partial charge >= 0.3 is 0 Å². The van der Waals surface area contributed by atoms with Gasteiger partial charge in [-0.15, -0.1) is 0 Å². The molecule has 0 aromatic carbocycles. The molecule has 0 fully saturated rings. The summed E-state index contributed by atoms with van der Waals surface area (Å²) >= 11 is 0. The number of oxazole rings is 2. The molecule has 0 unspecified atom stereocenters. The monoisotopic (exact) mass is 245 g/mol. The van der Waals surface area contributed by atoms with Crippen LogP contribution < -0.4 is 0 Å². The quantitative estimate of drug-likeness (QED) is 0.690. The second kappa shape index (κ2) is 3.80. The Morgan fingerprint density at radius 1 is 0.778 bits per heavy atom. The minimum atomic E-state index is 0.240. The first-order valence-electron chi connectivity index (χ1n) is 6.12. The van der Waals surface area contributed by atoms with E-state index in [4.69, 9.17) is 8.83 Å². The van der Waals surface area contributed by atoms with E-state index in [1.807, 2.05) is 33.8 Å². The van der Waals surface area contributed by atoms with E-state index in [0.717, 1.165) is 0 Å². The lowest BCUT2D eigenvalue weighted by Crippen LogP contribution is -1.87. The second-order valence-electron chi connectivity index (χ2n) is 5.05. The van der Waals surface area contributed by atoms with Crippen molar-refractivity contribution in [3.63, 3.8) is 0 Å². The van der Waals surface area contributed by atoms with Gasteiger partial charge in [-0.3, -0.25) is 0 Å². The van der Waals surface area contributed by atoms with Gasteiger partial charge in [-0.1, -0.05) is 27.7 Å². The molecule has 0 spiro atoms. The van der Waals surface area contributed by atoms with E-state index in [9.17, 15) is 0 Å².